The number of rotatable bonds is 6. The number of aromatic nitrogens is 2. The Kier molecular flexibility index (Phi) is 5.75. The monoisotopic (exact) mass is 361 g/mol. The fraction of sp³-hybridized carbons (Fsp3) is 0.304. The molecule has 0 bridgehead atoms. The largest absolute Gasteiger partial charge is 0.345 e. The Hall–Kier alpha value is -2.88. The van der Waals surface area contributed by atoms with E-state index in [-0.39, 0.29) is 11.9 Å². The van der Waals surface area contributed by atoms with Gasteiger partial charge < -0.3 is 5.32 Å². The normalized spacial score (nSPS) is 12.0. The molecular weight excluding hydrogens is 334 g/mol. The van der Waals surface area contributed by atoms with E-state index in [9.17, 15) is 4.79 Å². The van der Waals surface area contributed by atoms with E-state index in [2.05, 4.69) is 49.4 Å². The third-order valence-electron chi connectivity index (χ3n) is 4.93. The van der Waals surface area contributed by atoms with Crippen molar-refractivity contribution in [3.8, 4) is 0 Å². The topological polar surface area (TPSA) is 46.9 Å². The summed E-state index contributed by atoms with van der Waals surface area (Å²) in [6.45, 7) is 8.93. The van der Waals surface area contributed by atoms with Gasteiger partial charge in [-0.1, -0.05) is 43.3 Å². The van der Waals surface area contributed by atoms with E-state index >= 15 is 0 Å². The van der Waals surface area contributed by atoms with Crippen LogP contribution in [0.25, 0.3) is 0 Å². The van der Waals surface area contributed by atoms with Gasteiger partial charge in [0.2, 0.25) is 0 Å². The zero-order valence-corrected chi connectivity index (χ0v) is 16.5. The zero-order chi connectivity index (χ0) is 19.4. The van der Waals surface area contributed by atoms with E-state index in [0.717, 1.165) is 23.4 Å². The van der Waals surface area contributed by atoms with Crippen molar-refractivity contribution >= 4 is 5.91 Å². The molecule has 4 heteroatoms. The predicted molar refractivity (Wildman–Crippen MR) is 109 cm³/mol. The highest BCUT2D eigenvalue weighted by Crippen LogP contribution is 2.21. The minimum absolute atomic E-state index is 0.0214. The van der Waals surface area contributed by atoms with Gasteiger partial charge in [-0.15, -0.1) is 0 Å². The van der Waals surface area contributed by atoms with Crippen molar-refractivity contribution in [1.82, 2.24) is 15.1 Å². The smallest absolute Gasteiger partial charge is 0.251 e. The predicted octanol–water partition coefficient (Wildman–Crippen LogP) is 4.74. The molecule has 3 aromatic rings. The summed E-state index contributed by atoms with van der Waals surface area (Å²) in [5.41, 5.74) is 6.34. The highest BCUT2D eigenvalue weighted by Gasteiger charge is 2.15. The van der Waals surface area contributed by atoms with Crippen LogP contribution in [0.4, 0.5) is 0 Å². The van der Waals surface area contributed by atoms with Crippen LogP contribution in [0.2, 0.25) is 0 Å². The number of carbonyl (C=O) groups is 1. The number of amides is 1. The lowest BCUT2D eigenvalue weighted by atomic mass is 9.99. The molecule has 0 spiro atoms. The fourth-order valence-electron chi connectivity index (χ4n) is 3.39. The molecular formula is C23H27N3O. The third-order valence-corrected chi connectivity index (χ3v) is 4.93. The summed E-state index contributed by atoms with van der Waals surface area (Å²) < 4.78 is 1.98. The second-order valence-electron chi connectivity index (χ2n) is 7.07. The Morgan fingerprint density at radius 3 is 2.37 bits per heavy atom. The maximum Gasteiger partial charge on any atom is 0.251 e. The van der Waals surface area contributed by atoms with Gasteiger partial charge in [0.1, 0.15) is 0 Å². The van der Waals surface area contributed by atoms with Crippen molar-refractivity contribution in [3.63, 3.8) is 0 Å². The van der Waals surface area contributed by atoms with Crippen LogP contribution in [0.1, 0.15) is 57.8 Å². The summed E-state index contributed by atoms with van der Waals surface area (Å²) in [5.74, 6) is -0.0391. The van der Waals surface area contributed by atoms with Crippen LogP contribution >= 0.6 is 0 Å². The molecule has 0 aliphatic carbocycles. The van der Waals surface area contributed by atoms with Crippen molar-refractivity contribution in [2.24, 2.45) is 0 Å². The quantitative estimate of drug-likeness (QED) is 0.689. The highest BCUT2D eigenvalue weighted by atomic mass is 16.1. The van der Waals surface area contributed by atoms with Crippen molar-refractivity contribution in [2.45, 2.75) is 46.7 Å². The average Bonchev–Trinajstić information content (AvgIpc) is 2.97. The van der Waals surface area contributed by atoms with Gasteiger partial charge in [-0.05, 0) is 62.1 Å². The van der Waals surface area contributed by atoms with Gasteiger partial charge in [-0.3, -0.25) is 9.48 Å². The third kappa shape index (κ3) is 4.45. The molecule has 1 N–H and O–H groups in total. The molecule has 1 heterocycles. The molecule has 0 saturated heterocycles. The minimum Gasteiger partial charge on any atom is -0.345 e. The summed E-state index contributed by atoms with van der Waals surface area (Å²) in [5, 5.41) is 7.66. The van der Waals surface area contributed by atoms with Crippen molar-refractivity contribution in [3.05, 3.63) is 88.2 Å². The van der Waals surface area contributed by atoms with Crippen LogP contribution in [0, 0.1) is 20.8 Å². The van der Waals surface area contributed by atoms with Crippen LogP contribution in [-0.2, 0) is 6.54 Å². The van der Waals surface area contributed by atoms with Crippen molar-refractivity contribution in [2.75, 3.05) is 0 Å². The highest BCUT2D eigenvalue weighted by molar-refractivity contribution is 5.94. The second-order valence-corrected chi connectivity index (χ2v) is 7.07. The van der Waals surface area contributed by atoms with Crippen LogP contribution in [-0.4, -0.2) is 15.7 Å². The van der Waals surface area contributed by atoms with Gasteiger partial charge in [-0.25, -0.2) is 0 Å². The van der Waals surface area contributed by atoms with Gasteiger partial charge in [0.25, 0.3) is 5.91 Å². The van der Waals surface area contributed by atoms with Crippen LogP contribution in [0.5, 0.6) is 0 Å². The number of hydrogen-bond acceptors (Lipinski definition) is 2. The lowest BCUT2D eigenvalue weighted by Crippen LogP contribution is -2.28. The van der Waals surface area contributed by atoms with Crippen molar-refractivity contribution in [1.29, 1.82) is 0 Å². The van der Waals surface area contributed by atoms with Crippen LogP contribution in [0.15, 0.2) is 54.6 Å². The van der Waals surface area contributed by atoms with Crippen LogP contribution in [0.3, 0.4) is 0 Å². The number of benzene rings is 2. The van der Waals surface area contributed by atoms with Gasteiger partial charge in [0.15, 0.2) is 0 Å². The van der Waals surface area contributed by atoms with Gasteiger partial charge in [0.05, 0.1) is 18.3 Å². The first-order valence-corrected chi connectivity index (χ1v) is 9.44. The number of hydrogen-bond donors (Lipinski definition) is 1. The molecule has 2 aromatic carbocycles. The first-order chi connectivity index (χ1) is 13.0. The summed E-state index contributed by atoms with van der Waals surface area (Å²) >= 11 is 0. The average molecular weight is 361 g/mol. The summed E-state index contributed by atoms with van der Waals surface area (Å²) in [6.07, 6.45) is 0.854. The van der Waals surface area contributed by atoms with E-state index in [1.807, 2.05) is 48.0 Å². The molecule has 0 aliphatic heterocycles. The second kappa shape index (κ2) is 8.21. The lowest BCUT2D eigenvalue weighted by Gasteiger charge is -2.19. The Labute approximate surface area is 161 Å². The molecule has 1 aromatic heterocycles. The Morgan fingerprint density at radius 1 is 1.07 bits per heavy atom. The maximum absolute atomic E-state index is 12.7. The maximum atomic E-state index is 12.7. The van der Waals surface area contributed by atoms with Crippen LogP contribution < -0.4 is 5.32 Å². The number of carbonyl (C=O) groups excluding carboxylic acids is 1. The first-order valence-electron chi connectivity index (χ1n) is 9.44. The lowest BCUT2D eigenvalue weighted by molar-refractivity contribution is 0.0935. The Balaban J connectivity index is 1.70. The summed E-state index contributed by atoms with van der Waals surface area (Å²) in [4.78, 5) is 12.7. The molecule has 1 amide bonds. The molecule has 27 heavy (non-hydrogen) atoms. The molecule has 1 atom stereocenters. The van der Waals surface area contributed by atoms with Gasteiger partial charge in [0, 0.05) is 11.3 Å². The molecule has 4 nitrogen and oxygen atoms in total. The standard InChI is InChI=1S/C23H27N3O/c1-5-22(21-9-7-6-8-16(21)2)24-23(27)20-12-10-19(11-13-20)15-26-18(4)14-17(3)25-26/h6-14,22H,5,15H2,1-4H3,(H,24,27)/t22-/m0/s1. The van der Waals surface area contributed by atoms with Gasteiger partial charge in [-0.2, -0.15) is 5.10 Å². The molecule has 0 fully saturated rings. The van der Waals surface area contributed by atoms with Crippen molar-refractivity contribution < 1.29 is 4.79 Å². The molecule has 0 unspecified atom stereocenters. The SMILES string of the molecule is CC[C@H](NC(=O)c1ccc(Cn2nc(C)cc2C)cc1)c1ccccc1C. The summed E-state index contributed by atoms with van der Waals surface area (Å²) in [7, 11) is 0. The molecule has 0 aliphatic rings. The number of nitrogens with zero attached hydrogens (tertiary/aromatic N) is 2. The molecule has 140 valence electrons. The Bertz CT molecular complexity index is 925. The molecule has 0 radical (unpaired) electrons. The van der Waals surface area contributed by atoms with Gasteiger partial charge >= 0.3 is 0 Å². The Morgan fingerprint density at radius 2 is 1.78 bits per heavy atom. The summed E-state index contributed by atoms with van der Waals surface area (Å²) in [6, 6.07) is 18.1. The number of nitrogens with one attached hydrogen (secondary N) is 1. The first kappa shape index (κ1) is 18.9. The number of aryl methyl sites for hydroxylation is 3. The van der Waals surface area contributed by atoms with E-state index < -0.39 is 0 Å². The van der Waals surface area contributed by atoms with E-state index in [1.165, 1.54) is 11.1 Å². The van der Waals surface area contributed by atoms with E-state index in [1.54, 1.807) is 0 Å². The molecule has 3 rings (SSSR count). The van der Waals surface area contributed by atoms with E-state index in [4.69, 9.17) is 0 Å². The van der Waals surface area contributed by atoms with E-state index in [0.29, 0.717) is 12.1 Å². The fourth-order valence-corrected chi connectivity index (χ4v) is 3.39. The minimum atomic E-state index is -0.0391. The zero-order valence-electron chi connectivity index (χ0n) is 16.5. The molecule has 0 saturated carbocycles.